The summed E-state index contributed by atoms with van der Waals surface area (Å²) in [5.74, 6) is 0.487. The zero-order valence-corrected chi connectivity index (χ0v) is 13.5. The van der Waals surface area contributed by atoms with Gasteiger partial charge in [0, 0.05) is 5.02 Å². The quantitative estimate of drug-likeness (QED) is 0.575. The molecule has 1 N–H and O–H groups in total. The molecule has 2 rings (SSSR count). The van der Waals surface area contributed by atoms with Crippen molar-refractivity contribution < 1.29 is 4.74 Å². The van der Waals surface area contributed by atoms with Gasteiger partial charge in [-0.15, -0.1) is 0 Å². The molecule has 0 saturated carbocycles. The Labute approximate surface area is 138 Å². The monoisotopic (exact) mass is 342 g/mol. The first kappa shape index (κ1) is 16.0. The largest absolute Gasteiger partial charge is 0.491 e. The van der Waals surface area contributed by atoms with Crippen LogP contribution in [-0.4, -0.2) is 12.8 Å². The molecular weight excluding hydrogens is 331 g/mol. The Morgan fingerprint density at radius 2 is 1.86 bits per heavy atom. The van der Waals surface area contributed by atoms with Crippen molar-refractivity contribution in [2.24, 2.45) is 5.10 Å². The minimum absolute atomic E-state index is 0.452. The Bertz CT molecular complexity index is 636. The lowest BCUT2D eigenvalue weighted by molar-refractivity contribution is 0.340. The number of hydrazone groups is 1. The van der Waals surface area contributed by atoms with Crippen LogP contribution < -0.4 is 10.2 Å². The van der Waals surface area contributed by atoms with Crippen LogP contribution in [0.3, 0.4) is 0 Å². The Morgan fingerprint density at radius 3 is 2.48 bits per heavy atom. The fourth-order valence-corrected chi connectivity index (χ4v) is 2.48. The Balaban J connectivity index is 2.11. The summed E-state index contributed by atoms with van der Waals surface area (Å²) < 4.78 is 5.37. The number of hydrogen-bond acceptors (Lipinski definition) is 3. The number of hydrogen-bond donors (Lipinski definition) is 1. The molecule has 3 nitrogen and oxygen atoms in total. The molecule has 0 aliphatic rings. The van der Waals surface area contributed by atoms with Crippen LogP contribution in [0.15, 0.2) is 41.5 Å². The summed E-state index contributed by atoms with van der Waals surface area (Å²) in [7, 11) is 0. The van der Waals surface area contributed by atoms with Gasteiger partial charge in [-0.1, -0.05) is 40.9 Å². The van der Waals surface area contributed by atoms with E-state index in [1.165, 1.54) is 0 Å². The first-order valence-corrected chi connectivity index (χ1v) is 7.40. The van der Waals surface area contributed by atoms with E-state index in [2.05, 4.69) is 10.5 Å². The van der Waals surface area contributed by atoms with E-state index in [1.54, 1.807) is 30.5 Å². The minimum Gasteiger partial charge on any atom is -0.491 e. The molecule has 21 heavy (non-hydrogen) atoms. The van der Waals surface area contributed by atoms with E-state index in [-0.39, 0.29) is 0 Å². The molecule has 2 aromatic rings. The highest BCUT2D eigenvalue weighted by atomic mass is 35.5. The second kappa shape index (κ2) is 7.55. The predicted octanol–water partition coefficient (Wildman–Crippen LogP) is 5.49. The smallest absolute Gasteiger partial charge is 0.156 e. The molecule has 0 aliphatic heterocycles. The second-order valence-corrected chi connectivity index (χ2v) is 5.38. The first-order chi connectivity index (χ1) is 10.1. The predicted molar refractivity (Wildman–Crippen MR) is 90.3 cm³/mol. The number of halogens is 3. The van der Waals surface area contributed by atoms with Crippen LogP contribution in [-0.2, 0) is 0 Å². The number of nitrogens with one attached hydrogen (secondary N) is 1. The van der Waals surface area contributed by atoms with Crippen molar-refractivity contribution in [3.05, 3.63) is 57.0 Å². The van der Waals surface area contributed by atoms with E-state index < -0.39 is 0 Å². The van der Waals surface area contributed by atoms with Gasteiger partial charge in [-0.05, 0) is 42.8 Å². The first-order valence-electron chi connectivity index (χ1n) is 6.26. The lowest BCUT2D eigenvalue weighted by Gasteiger charge is -2.08. The molecule has 0 heterocycles. The van der Waals surface area contributed by atoms with Gasteiger partial charge in [-0.2, -0.15) is 5.10 Å². The zero-order chi connectivity index (χ0) is 15.2. The van der Waals surface area contributed by atoms with Crippen LogP contribution >= 0.6 is 34.8 Å². The summed E-state index contributed by atoms with van der Waals surface area (Å²) in [6, 6.07) is 10.7. The average molecular weight is 344 g/mol. The molecule has 2 aromatic carbocycles. The molecule has 6 heteroatoms. The third-order valence-electron chi connectivity index (χ3n) is 2.54. The fraction of sp³-hybridized carbons (Fsp3) is 0.133. The molecule has 0 amide bonds. The maximum atomic E-state index is 6.12. The molecular formula is C15H13Cl3N2O. The van der Waals surface area contributed by atoms with Gasteiger partial charge in [0.1, 0.15) is 0 Å². The number of rotatable bonds is 5. The van der Waals surface area contributed by atoms with Crippen molar-refractivity contribution in [2.75, 3.05) is 12.0 Å². The maximum Gasteiger partial charge on any atom is 0.156 e. The second-order valence-electron chi connectivity index (χ2n) is 4.13. The molecule has 0 atom stereocenters. The third-order valence-corrected chi connectivity index (χ3v) is 3.34. The molecule has 0 fully saturated rings. The SMILES string of the molecule is CCOc1c(Cl)cc(C=NNc2cccc(Cl)c2)cc1Cl. The summed E-state index contributed by atoms with van der Waals surface area (Å²) in [6.07, 6.45) is 1.62. The molecule has 0 spiro atoms. The Morgan fingerprint density at radius 1 is 1.14 bits per heavy atom. The van der Waals surface area contributed by atoms with E-state index >= 15 is 0 Å². The molecule has 0 aliphatic carbocycles. The van der Waals surface area contributed by atoms with Gasteiger partial charge in [0.05, 0.1) is 28.6 Å². The van der Waals surface area contributed by atoms with E-state index in [1.807, 2.05) is 19.1 Å². The van der Waals surface area contributed by atoms with E-state index in [9.17, 15) is 0 Å². The summed E-state index contributed by atoms with van der Waals surface area (Å²) >= 11 is 18.1. The molecule has 0 bridgehead atoms. The van der Waals surface area contributed by atoms with Crippen LogP contribution in [0.25, 0.3) is 0 Å². The highest BCUT2D eigenvalue weighted by Gasteiger charge is 2.08. The van der Waals surface area contributed by atoms with Gasteiger partial charge in [0.15, 0.2) is 5.75 Å². The van der Waals surface area contributed by atoms with E-state index in [4.69, 9.17) is 39.5 Å². The van der Waals surface area contributed by atoms with Gasteiger partial charge in [-0.25, -0.2) is 0 Å². The fourth-order valence-electron chi connectivity index (χ4n) is 1.68. The van der Waals surface area contributed by atoms with Crippen molar-refractivity contribution in [3.63, 3.8) is 0 Å². The van der Waals surface area contributed by atoms with Crippen molar-refractivity contribution in [1.29, 1.82) is 0 Å². The van der Waals surface area contributed by atoms with Gasteiger partial charge in [0.2, 0.25) is 0 Å². The van der Waals surface area contributed by atoms with Crippen LogP contribution in [0.2, 0.25) is 15.1 Å². The molecule has 110 valence electrons. The van der Waals surface area contributed by atoms with Crippen LogP contribution in [0.5, 0.6) is 5.75 Å². The lowest BCUT2D eigenvalue weighted by atomic mass is 10.2. The van der Waals surface area contributed by atoms with Gasteiger partial charge >= 0.3 is 0 Å². The molecule has 0 aromatic heterocycles. The normalized spacial score (nSPS) is 10.9. The van der Waals surface area contributed by atoms with Crippen LogP contribution in [0.1, 0.15) is 12.5 Å². The van der Waals surface area contributed by atoms with Crippen LogP contribution in [0, 0.1) is 0 Å². The molecule has 0 saturated heterocycles. The number of nitrogens with zero attached hydrogens (tertiary/aromatic N) is 1. The average Bonchev–Trinajstić information content (AvgIpc) is 2.43. The highest BCUT2D eigenvalue weighted by Crippen LogP contribution is 2.33. The van der Waals surface area contributed by atoms with Crippen molar-refractivity contribution >= 4 is 46.7 Å². The Kier molecular flexibility index (Phi) is 5.74. The van der Waals surface area contributed by atoms with E-state index in [0.29, 0.717) is 27.4 Å². The maximum absolute atomic E-state index is 6.12. The zero-order valence-electron chi connectivity index (χ0n) is 11.2. The van der Waals surface area contributed by atoms with Crippen LogP contribution in [0.4, 0.5) is 5.69 Å². The van der Waals surface area contributed by atoms with Crippen molar-refractivity contribution in [3.8, 4) is 5.75 Å². The van der Waals surface area contributed by atoms with Gasteiger partial charge < -0.3 is 4.74 Å². The van der Waals surface area contributed by atoms with Gasteiger partial charge in [-0.3, -0.25) is 5.43 Å². The van der Waals surface area contributed by atoms with Gasteiger partial charge in [0.25, 0.3) is 0 Å². The van der Waals surface area contributed by atoms with Crippen molar-refractivity contribution in [1.82, 2.24) is 0 Å². The molecule has 0 unspecified atom stereocenters. The number of benzene rings is 2. The summed E-state index contributed by atoms with van der Waals surface area (Å²) in [6.45, 7) is 2.38. The summed E-state index contributed by atoms with van der Waals surface area (Å²) in [4.78, 5) is 0. The Hall–Kier alpha value is -1.42. The highest BCUT2D eigenvalue weighted by molar-refractivity contribution is 6.37. The summed E-state index contributed by atoms with van der Waals surface area (Å²) in [5, 5.41) is 5.66. The standard InChI is InChI=1S/C15H13Cl3N2O/c1-2-21-15-13(17)6-10(7-14(15)18)9-19-20-12-5-3-4-11(16)8-12/h3-9,20H,2H2,1H3. The lowest BCUT2D eigenvalue weighted by Crippen LogP contribution is -1.95. The third kappa shape index (κ3) is 4.53. The minimum atomic E-state index is 0.452. The van der Waals surface area contributed by atoms with Crippen molar-refractivity contribution in [2.45, 2.75) is 6.92 Å². The number of anilines is 1. The summed E-state index contributed by atoms with van der Waals surface area (Å²) in [5.41, 5.74) is 4.44. The molecule has 0 radical (unpaired) electrons. The van der Waals surface area contributed by atoms with E-state index in [0.717, 1.165) is 11.3 Å². The topological polar surface area (TPSA) is 33.6 Å². The number of ether oxygens (including phenoxy) is 1.